The van der Waals surface area contributed by atoms with Gasteiger partial charge >= 0.3 is 0 Å². The minimum atomic E-state index is -0.207. The molecule has 48 heavy (non-hydrogen) atoms. The number of rotatable bonds is 4. The highest BCUT2D eigenvalue weighted by atomic mass is 32.1. The number of allylic oxidation sites excluding steroid dienone is 1. The summed E-state index contributed by atoms with van der Waals surface area (Å²) in [6.45, 7) is 0. The lowest BCUT2D eigenvalue weighted by atomic mass is 9.88. The van der Waals surface area contributed by atoms with Crippen LogP contribution in [0.5, 0.6) is 0 Å². The maximum Gasteiger partial charge on any atom is 0.197 e. The zero-order valence-electron chi connectivity index (χ0n) is 26.2. The van der Waals surface area contributed by atoms with Gasteiger partial charge in [-0.2, -0.15) is 0 Å². The van der Waals surface area contributed by atoms with Gasteiger partial charge in [-0.15, -0.1) is 11.3 Å². The van der Waals surface area contributed by atoms with E-state index >= 15 is 0 Å². The number of ether oxygens (including phenoxy) is 1. The van der Waals surface area contributed by atoms with E-state index in [1.54, 1.807) is 0 Å². The lowest BCUT2D eigenvalue weighted by Crippen LogP contribution is -2.39. The average molecular weight is 640 g/mol. The molecule has 7 aromatic rings. The molecule has 0 bridgehead atoms. The lowest BCUT2D eigenvalue weighted by molar-refractivity contribution is 0.124. The molecular formula is C43H33N3OS. The minimum absolute atomic E-state index is 0.0512. The molecule has 5 heteroatoms. The maximum absolute atomic E-state index is 6.74. The van der Waals surface area contributed by atoms with Crippen molar-refractivity contribution >= 4 is 53.7 Å². The van der Waals surface area contributed by atoms with E-state index in [1.807, 2.05) is 11.3 Å². The molecule has 1 aliphatic carbocycles. The summed E-state index contributed by atoms with van der Waals surface area (Å²) >= 11 is 1.85. The molecule has 3 atom stereocenters. The van der Waals surface area contributed by atoms with Gasteiger partial charge in [-0.25, -0.2) is 0 Å². The normalized spacial score (nSPS) is 20.2. The molecule has 1 aromatic heterocycles. The summed E-state index contributed by atoms with van der Waals surface area (Å²) in [5, 5.41) is 16.6. The van der Waals surface area contributed by atoms with Gasteiger partial charge in [0.15, 0.2) is 6.23 Å². The van der Waals surface area contributed by atoms with Crippen molar-refractivity contribution in [3.8, 4) is 0 Å². The van der Waals surface area contributed by atoms with Crippen molar-refractivity contribution in [2.75, 3.05) is 0 Å². The molecule has 0 radical (unpaired) electrons. The smallest absolute Gasteiger partial charge is 0.197 e. The largest absolute Gasteiger partial charge is 0.469 e. The highest BCUT2D eigenvalue weighted by Crippen LogP contribution is 2.45. The van der Waals surface area contributed by atoms with Crippen molar-refractivity contribution in [1.82, 2.24) is 16.0 Å². The number of fused-ring (bicyclic) bond motifs is 7. The molecule has 3 aliphatic rings. The second-order valence-electron chi connectivity index (χ2n) is 12.9. The van der Waals surface area contributed by atoms with Gasteiger partial charge in [0, 0.05) is 43.4 Å². The Morgan fingerprint density at radius 1 is 0.646 bits per heavy atom. The third-order valence-electron chi connectivity index (χ3n) is 10.1. The highest BCUT2D eigenvalue weighted by Gasteiger charge is 2.33. The molecule has 0 saturated carbocycles. The Morgan fingerprint density at radius 2 is 1.46 bits per heavy atom. The van der Waals surface area contributed by atoms with E-state index in [1.165, 1.54) is 64.3 Å². The number of nitrogens with one attached hydrogen (secondary N) is 3. The Bertz CT molecular complexity index is 2430. The number of hydrogen-bond acceptors (Lipinski definition) is 5. The molecule has 2 aliphatic heterocycles. The minimum Gasteiger partial charge on any atom is -0.469 e. The molecule has 0 fully saturated rings. The van der Waals surface area contributed by atoms with Gasteiger partial charge in [-0.3, -0.25) is 5.32 Å². The monoisotopic (exact) mass is 639 g/mol. The van der Waals surface area contributed by atoms with Crippen molar-refractivity contribution in [3.63, 3.8) is 0 Å². The summed E-state index contributed by atoms with van der Waals surface area (Å²) in [5.74, 6) is 1.07. The van der Waals surface area contributed by atoms with E-state index in [9.17, 15) is 0 Å². The SMILES string of the molecule is C1=C(c2ccccc2)NC(c2ccc3c4c(ccc3c2)CCC2=C4NC(c3cccc4c3sc3ccccc34)O2)NC1c1ccccc1. The fourth-order valence-electron chi connectivity index (χ4n) is 7.75. The highest BCUT2D eigenvalue weighted by molar-refractivity contribution is 7.26. The standard InChI is InChI=1S/C43H33N3OS/c1-3-10-26(11-4-1)35-25-36(27-12-5-2-6-13-27)45-42(44-35)30-20-22-31-29(24-30)19-18-28-21-23-37-40(39(28)31)46-43(47-37)34-16-9-15-33-32-14-7-8-17-38(32)48-41(33)34/h1-20,22,24-25,35,42-46H,21,23H2. The number of hydrogen-bond donors (Lipinski definition) is 3. The molecular weight excluding hydrogens is 607 g/mol. The van der Waals surface area contributed by atoms with Crippen LogP contribution in [0.3, 0.4) is 0 Å². The van der Waals surface area contributed by atoms with Crippen LogP contribution in [0.4, 0.5) is 0 Å². The van der Waals surface area contributed by atoms with Crippen molar-refractivity contribution < 1.29 is 4.74 Å². The fraction of sp³-hybridized carbons (Fsp3) is 0.116. The van der Waals surface area contributed by atoms with Crippen LogP contribution in [-0.2, 0) is 11.2 Å². The molecule has 6 aromatic carbocycles. The van der Waals surface area contributed by atoms with Crippen molar-refractivity contribution in [1.29, 1.82) is 0 Å². The first-order valence-electron chi connectivity index (χ1n) is 16.7. The maximum atomic E-state index is 6.74. The lowest BCUT2D eigenvalue weighted by Gasteiger charge is -2.33. The predicted molar refractivity (Wildman–Crippen MR) is 198 cm³/mol. The molecule has 0 spiro atoms. The van der Waals surface area contributed by atoms with Crippen LogP contribution in [0.1, 0.15) is 58.2 Å². The van der Waals surface area contributed by atoms with E-state index in [0.29, 0.717) is 0 Å². The first kappa shape index (κ1) is 27.7. The van der Waals surface area contributed by atoms with Crippen LogP contribution in [-0.4, -0.2) is 0 Å². The quantitative estimate of drug-likeness (QED) is 0.179. The first-order valence-corrected chi connectivity index (χ1v) is 17.6. The van der Waals surface area contributed by atoms with Gasteiger partial charge < -0.3 is 15.4 Å². The first-order chi connectivity index (χ1) is 23.8. The Kier molecular flexibility index (Phi) is 6.42. The van der Waals surface area contributed by atoms with E-state index in [2.05, 4.69) is 155 Å². The Balaban J connectivity index is 1.00. The molecule has 3 heterocycles. The number of thiophene rings is 1. The van der Waals surface area contributed by atoms with E-state index in [0.717, 1.165) is 30.0 Å². The summed E-state index contributed by atoms with van der Waals surface area (Å²) in [6.07, 6.45) is 3.92. The van der Waals surface area contributed by atoms with Crippen LogP contribution in [0.25, 0.3) is 42.3 Å². The molecule has 3 N–H and O–H groups in total. The van der Waals surface area contributed by atoms with Crippen LogP contribution in [0, 0.1) is 0 Å². The summed E-state index contributed by atoms with van der Waals surface area (Å²) in [6, 6.07) is 48.2. The third kappa shape index (κ3) is 4.54. The van der Waals surface area contributed by atoms with Crippen molar-refractivity contribution in [2.45, 2.75) is 31.3 Å². The number of benzene rings is 6. The summed E-state index contributed by atoms with van der Waals surface area (Å²) in [7, 11) is 0. The van der Waals surface area contributed by atoms with Crippen LogP contribution in [0.2, 0.25) is 0 Å². The van der Waals surface area contributed by atoms with E-state index < -0.39 is 0 Å². The topological polar surface area (TPSA) is 45.3 Å². The van der Waals surface area contributed by atoms with Gasteiger partial charge in [0.25, 0.3) is 0 Å². The fourth-order valence-corrected chi connectivity index (χ4v) is 8.98. The second-order valence-corrected chi connectivity index (χ2v) is 14.0. The summed E-state index contributed by atoms with van der Waals surface area (Å²) < 4.78 is 9.34. The van der Waals surface area contributed by atoms with Crippen LogP contribution >= 0.6 is 11.3 Å². The van der Waals surface area contributed by atoms with Gasteiger partial charge in [0.2, 0.25) is 0 Å². The van der Waals surface area contributed by atoms with Crippen LogP contribution in [0.15, 0.2) is 145 Å². The van der Waals surface area contributed by atoms with Gasteiger partial charge in [0.05, 0.1) is 11.7 Å². The van der Waals surface area contributed by atoms with Crippen molar-refractivity contribution in [3.05, 3.63) is 179 Å². The molecule has 4 nitrogen and oxygen atoms in total. The van der Waals surface area contributed by atoms with Gasteiger partial charge in [-0.1, -0.05) is 121 Å². The number of aryl methyl sites for hydroxylation is 1. The van der Waals surface area contributed by atoms with E-state index in [4.69, 9.17) is 4.74 Å². The molecule has 3 unspecified atom stereocenters. The van der Waals surface area contributed by atoms with Crippen LogP contribution < -0.4 is 16.0 Å². The molecule has 0 amide bonds. The Hall–Kier alpha value is -5.36. The molecule has 0 saturated heterocycles. The molecule has 10 rings (SSSR count). The zero-order chi connectivity index (χ0) is 31.6. The van der Waals surface area contributed by atoms with Gasteiger partial charge in [0.1, 0.15) is 11.9 Å². The predicted octanol–water partition coefficient (Wildman–Crippen LogP) is 10.1. The van der Waals surface area contributed by atoms with Gasteiger partial charge in [-0.05, 0) is 57.7 Å². The third-order valence-corrected chi connectivity index (χ3v) is 11.3. The van der Waals surface area contributed by atoms with E-state index in [-0.39, 0.29) is 18.4 Å². The second kappa shape index (κ2) is 11.1. The summed E-state index contributed by atoms with van der Waals surface area (Å²) in [4.78, 5) is 0. The Morgan fingerprint density at radius 3 is 2.35 bits per heavy atom. The average Bonchev–Trinajstić information content (AvgIpc) is 3.77. The van der Waals surface area contributed by atoms with Crippen molar-refractivity contribution in [2.24, 2.45) is 0 Å². The molecule has 232 valence electrons. The summed E-state index contributed by atoms with van der Waals surface area (Å²) in [5.41, 5.74) is 9.79. The Labute approximate surface area is 283 Å². The zero-order valence-corrected chi connectivity index (χ0v) is 27.1.